The molecule has 2 amide bonds. The van der Waals surface area contributed by atoms with E-state index in [1.54, 1.807) is 13.2 Å². The van der Waals surface area contributed by atoms with E-state index in [1.807, 2.05) is 68.7 Å². The van der Waals surface area contributed by atoms with Crippen molar-refractivity contribution in [3.8, 4) is 0 Å². The van der Waals surface area contributed by atoms with E-state index in [0.717, 1.165) is 16.9 Å². The van der Waals surface area contributed by atoms with Gasteiger partial charge in [-0.25, -0.2) is 4.98 Å². The molecular formula is C24H30N4O3. The van der Waals surface area contributed by atoms with E-state index in [1.165, 1.54) is 0 Å². The van der Waals surface area contributed by atoms with Crippen molar-refractivity contribution in [1.29, 1.82) is 0 Å². The Bertz CT molecular complexity index is 1070. The van der Waals surface area contributed by atoms with Crippen LogP contribution in [0.4, 0.5) is 5.69 Å². The first kappa shape index (κ1) is 22.5. The largest absolute Gasteiger partial charge is 0.383 e. The van der Waals surface area contributed by atoms with Gasteiger partial charge in [-0.1, -0.05) is 44.2 Å². The Balaban J connectivity index is 2.10. The average molecular weight is 423 g/mol. The third-order valence-corrected chi connectivity index (χ3v) is 5.05. The zero-order valence-corrected chi connectivity index (χ0v) is 18.7. The van der Waals surface area contributed by atoms with Gasteiger partial charge in [0, 0.05) is 31.3 Å². The molecule has 1 atom stereocenters. The molecule has 2 aromatic carbocycles. The van der Waals surface area contributed by atoms with Crippen LogP contribution in [-0.4, -0.2) is 41.1 Å². The summed E-state index contributed by atoms with van der Waals surface area (Å²) in [5, 5.41) is 5.87. The molecule has 0 bridgehead atoms. The molecule has 164 valence electrons. The van der Waals surface area contributed by atoms with Gasteiger partial charge in [0.15, 0.2) is 0 Å². The minimum Gasteiger partial charge on any atom is -0.383 e. The predicted octanol–water partition coefficient (Wildman–Crippen LogP) is 3.75. The lowest BCUT2D eigenvalue weighted by Crippen LogP contribution is -2.36. The number of fused-ring (bicyclic) bond motifs is 1. The molecule has 0 radical (unpaired) electrons. The molecule has 0 fully saturated rings. The quantitative estimate of drug-likeness (QED) is 0.579. The first-order valence-electron chi connectivity index (χ1n) is 10.5. The van der Waals surface area contributed by atoms with Crippen LogP contribution >= 0.6 is 0 Å². The highest BCUT2D eigenvalue weighted by Crippen LogP contribution is 2.27. The fourth-order valence-corrected chi connectivity index (χ4v) is 3.47. The second kappa shape index (κ2) is 9.75. The van der Waals surface area contributed by atoms with E-state index < -0.39 is 0 Å². The molecule has 7 heteroatoms. The second-order valence-corrected chi connectivity index (χ2v) is 8.10. The fourth-order valence-electron chi connectivity index (χ4n) is 3.47. The average Bonchev–Trinajstić information content (AvgIpc) is 3.03. The Morgan fingerprint density at radius 3 is 2.48 bits per heavy atom. The minimum atomic E-state index is -0.232. The third-order valence-electron chi connectivity index (χ3n) is 5.05. The molecule has 1 aromatic heterocycles. The van der Waals surface area contributed by atoms with Gasteiger partial charge >= 0.3 is 0 Å². The summed E-state index contributed by atoms with van der Waals surface area (Å²) >= 11 is 0. The Hall–Kier alpha value is -3.19. The minimum absolute atomic E-state index is 0.112. The number of nitrogens with zero attached hydrogens (tertiary/aromatic N) is 2. The van der Waals surface area contributed by atoms with Gasteiger partial charge in [-0.3, -0.25) is 9.59 Å². The maximum absolute atomic E-state index is 13.2. The van der Waals surface area contributed by atoms with Crippen molar-refractivity contribution >= 4 is 28.5 Å². The molecule has 0 spiro atoms. The van der Waals surface area contributed by atoms with Crippen LogP contribution < -0.4 is 10.6 Å². The smallest absolute Gasteiger partial charge is 0.253 e. The van der Waals surface area contributed by atoms with Gasteiger partial charge in [0.1, 0.15) is 5.82 Å². The monoisotopic (exact) mass is 422 g/mol. The van der Waals surface area contributed by atoms with E-state index in [-0.39, 0.29) is 23.8 Å². The highest BCUT2D eigenvalue weighted by atomic mass is 16.5. The number of methoxy groups -OCH3 is 1. The zero-order chi connectivity index (χ0) is 22.5. The molecule has 31 heavy (non-hydrogen) atoms. The molecule has 0 saturated heterocycles. The van der Waals surface area contributed by atoms with Crippen molar-refractivity contribution in [2.45, 2.75) is 40.3 Å². The summed E-state index contributed by atoms with van der Waals surface area (Å²) in [6.45, 7) is 8.45. The van der Waals surface area contributed by atoms with Crippen molar-refractivity contribution in [1.82, 2.24) is 14.9 Å². The first-order valence-corrected chi connectivity index (χ1v) is 10.5. The van der Waals surface area contributed by atoms with Crippen molar-refractivity contribution in [2.24, 2.45) is 5.92 Å². The van der Waals surface area contributed by atoms with E-state index >= 15 is 0 Å². The number of amides is 2. The fraction of sp³-hybridized carbons (Fsp3) is 0.375. The van der Waals surface area contributed by atoms with Crippen molar-refractivity contribution in [2.75, 3.05) is 19.0 Å². The van der Waals surface area contributed by atoms with Crippen LogP contribution in [0.3, 0.4) is 0 Å². The molecule has 3 aromatic rings. The Morgan fingerprint density at radius 1 is 1.13 bits per heavy atom. The predicted molar refractivity (Wildman–Crippen MR) is 122 cm³/mol. The lowest BCUT2D eigenvalue weighted by atomic mass is 10.1. The van der Waals surface area contributed by atoms with Crippen LogP contribution in [0, 0.1) is 12.8 Å². The second-order valence-electron chi connectivity index (χ2n) is 8.10. The number of rotatable bonds is 8. The number of carbonyl (C=O) groups is 2. The van der Waals surface area contributed by atoms with Gasteiger partial charge in [0.25, 0.3) is 5.91 Å². The summed E-state index contributed by atoms with van der Waals surface area (Å²) in [5.41, 5.74) is 3.54. The molecule has 0 aliphatic rings. The van der Waals surface area contributed by atoms with E-state index in [2.05, 4.69) is 15.6 Å². The molecular weight excluding hydrogens is 392 g/mol. The number of carbonyl (C=O) groups excluding carboxylic acids is 2. The topological polar surface area (TPSA) is 85.2 Å². The normalized spacial score (nSPS) is 12.2. The maximum atomic E-state index is 13.2. The molecule has 0 aliphatic carbocycles. The third kappa shape index (κ3) is 5.30. The Kier molecular flexibility index (Phi) is 7.07. The van der Waals surface area contributed by atoms with E-state index in [0.29, 0.717) is 29.9 Å². The number of ether oxygens (including phenoxy) is 1. The van der Waals surface area contributed by atoms with Crippen molar-refractivity contribution in [3.05, 3.63) is 59.4 Å². The number of anilines is 1. The molecule has 0 aliphatic heterocycles. The standard InChI is InChI=1S/C24H30N4O3/c1-15(2)23(29)27-19-11-20(24(30)25-16(3)14-31-5)22-21(12-19)26-17(4)28(22)13-18-9-7-6-8-10-18/h6-12,15-16H,13-14H2,1-5H3,(H,25,30)(H,27,29)/t16-/m1/s1. The van der Waals surface area contributed by atoms with Crippen LogP contribution in [0.1, 0.15) is 42.5 Å². The summed E-state index contributed by atoms with van der Waals surface area (Å²) < 4.78 is 7.18. The van der Waals surface area contributed by atoms with Gasteiger partial charge < -0.3 is 19.9 Å². The Morgan fingerprint density at radius 2 is 1.84 bits per heavy atom. The maximum Gasteiger partial charge on any atom is 0.253 e. The molecule has 3 rings (SSSR count). The molecule has 2 N–H and O–H groups in total. The number of nitrogens with one attached hydrogen (secondary N) is 2. The lowest BCUT2D eigenvalue weighted by molar-refractivity contribution is -0.118. The number of hydrogen-bond acceptors (Lipinski definition) is 4. The molecule has 7 nitrogen and oxygen atoms in total. The van der Waals surface area contributed by atoms with Gasteiger partial charge in [-0.15, -0.1) is 0 Å². The van der Waals surface area contributed by atoms with Gasteiger partial charge in [-0.2, -0.15) is 0 Å². The van der Waals surface area contributed by atoms with Crippen LogP contribution in [-0.2, 0) is 16.1 Å². The van der Waals surface area contributed by atoms with Crippen molar-refractivity contribution in [3.63, 3.8) is 0 Å². The van der Waals surface area contributed by atoms with Crippen LogP contribution in [0.2, 0.25) is 0 Å². The summed E-state index contributed by atoms with van der Waals surface area (Å²) in [6.07, 6.45) is 0. The first-order chi connectivity index (χ1) is 14.8. The van der Waals surface area contributed by atoms with Gasteiger partial charge in [0.05, 0.1) is 23.2 Å². The van der Waals surface area contributed by atoms with Crippen molar-refractivity contribution < 1.29 is 14.3 Å². The molecule has 1 heterocycles. The molecule has 0 saturated carbocycles. The molecule has 0 unspecified atom stereocenters. The number of benzene rings is 2. The SMILES string of the molecule is COC[C@@H](C)NC(=O)c1cc(NC(=O)C(C)C)cc2nc(C)n(Cc3ccccc3)c12. The van der Waals surface area contributed by atoms with Gasteiger partial charge in [0.2, 0.25) is 5.91 Å². The zero-order valence-electron chi connectivity index (χ0n) is 18.7. The summed E-state index contributed by atoms with van der Waals surface area (Å²) in [5.74, 6) is 0.278. The number of imidazole rings is 1. The van der Waals surface area contributed by atoms with Crippen LogP contribution in [0.15, 0.2) is 42.5 Å². The highest BCUT2D eigenvalue weighted by Gasteiger charge is 2.21. The van der Waals surface area contributed by atoms with Gasteiger partial charge in [-0.05, 0) is 31.5 Å². The van der Waals surface area contributed by atoms with Crippen LogP contribution in [0.5, 0.6) is 0 Å². The highest BCUT2D eigenvalue weighted by molar-refractivity contribution is 6.08. The summed E-state index contributed by atoms with van der Waals surface area (Å²) in [7, 11) is 1.60. The summed E-state index contributed by atoms with van der Waals surface area (Å²) in [4.78, 5) is 30.1. The van der Waals surface area contributed by atoms with Crippen LogP contribution in [0.25, 0.3) is 11.0 Å². The van der Waals surface area contributed by atoms with E-state index in [9.17, 15) is 9.59 Å². The lowest BCUT2D eigenvalue weighted by Gasteiger charge is -2.16. The Labute approximate surface area is 182 Å². The number of hydrogen-bond donors (Lipinski definition) is 2. The number of aryl methyl sites for hydroxylation is 1. The summed E-state index contributed by atoms with van der Waals surface area (Å²) in [6, 6.07) is 13.4. The number of aromatic nitrogens is 2. The van der Waals surface area contributed by atoms with E-state index in [4.69, 9.17) is 4.74 Å².